The van der Waals surface area contributed by atoms with Crippen LogP contribution >= 0.6 is 0 Å². The molecule has 8 heteroatoms. The summed E-state index contributed by atoms with van der Waals surface area (Å²) in [7, 11) is 1.22. The maximum atomic E-state index is 12.9. The average Bonchev–Trinajstić information content (AvgIpc) is 2.81. The number of hydrogen-bond donors (Lipinski definition) is 1. The molecule has 0 bridgehead atoms. The monoisotopic (exact) mass is 339 g/mol. The zero-order chi connectivity index (χ0) is 18.7. The molecule has 8 nitrogen and oxygen atoms in total. The van der Waals surface area contributed by atoms with Crippen LogP contribution in [-0.4, -0.2) is 53.7 Å². The molecule has 24 heavy (non-hydrogen) atoms. The van der Waals surface area contributed by atoms with E-state index in [0.717, 1.165) is 0 Å². The highest BCUT2D eigenvalue weighted by Gasteiger charge is 2.54. The standard InChI is InChI=1S/C16H25N3O5/c1-10(18-13(21)24-15(2,3)4)12(20)16(5)11(9-17)7-8-19(16)14(22)23-6/h10-11H,7-8H2,1-6H3,(H,18,21)/t10-,11?,16+/m0/s1. The summed E-state index contributed by atoms with van der Waals surface area (Å²) in [5, 5.41) is 11.8. The van der Waals surface area contributed by atoms with Gasteiger partial charge in [0.05, 0.1) is 25.1 Å². The van der Waals surface area contributed by atoms with E-state index >= 15 is 0 Å². The quantitative estimate of drug-likeness (QED) is 0.840. The molecule has 1 aliphatic rings. The molecular weight excluding hydrogens is 314 g/mol. The van der Waals surface area contributed by atoms with Gasteiger partial charge >= 0.3 is 12.2 Å². The smallest absolute Gasteiger partial charge is 0.410 e. The van der Waals surface area contributed by atoms with Crippen molar-refractivity contribution in [3.63, 3.8) is 0 Å². The minimum Gasteiger partial charge on any atom is -0.453 e. The van der Waals surface area contributed by atoms with Crippen molar-refractivity contribution in [2.45, 2.75) is 58.2 Å². The summed E-state index contributed by atoms with van der Waals surface area (Å²) in [6.07, 6.45) is -1.04. The van der Waals surface area contributed by atoms with E-state index in [1.807, 2.05) is 0 Å². The van der Waals surface area contributed by atoms with E-state index in [9.17, 15) is 19.6 Å². The number of carbonyl (C=O) groups is 3. The molecule has 134 valence electrons. The largest absolute Gasteiger partial charge is 0.453 e. The number of ether oxygens (including phenoxy) is 2. The van der Waals surface area contributed by atoms with E-state index < -0.39 is 41.1 Å². The van der Waals surface area contributed by atoms with Gasteiger partial charge < -0.3 is 14.8 Å². The van der Waals surface area contributed by atoms with Gasteiger partial charge in [0.1, 0.15) is 11.1 Å². The first kappa shape index (κ1) is 19.7. The maximum Gasteiger partial charge on any atom is 0.410 e. The molecule has 0 aromatic rings. The predicted octanol–water partition coefficient (Wildman–Crippen LogP) is 1.84. The number of Topliss-reactive ketones (excluding diaryl/α,β-unsaturated/α-hetero) is 1. The number of nitriles is 1. The predicted molar refractivity (Wildman–Crippen MR) is 85.1 cm³/mol. The number of amides is 2. The van der Waals surface area contributed by atoms with Gasteiger partial charge in [-0.15, -0.1) is 0 Å². The van der Waals surface area contributed by atoms with Crippen molar-refractivity contribution in [2.75, 3.05) is 13.7 Å². The number of nitrogens with zero attached hydrogens (tertiary/aromatic N) is 2. The molecule has 1 saturated heterocycles. The van der Waals surface area contributed by atoms with Gasteiger partial charge in [-0.1, -0.05) is 0 Å². The Morgan fingerprint density at radius 2 is 1.96 bits per heavy atom. The molecule has 2 amide bonds. The Labute approximate surface area is 142 Å². The second-order valence-electron chi connectivity index (χ2n) is 6.97. The molecule has 0 saturated carbocycles. The van der Waals surface area contributed by atoms with E-state index in [1.165, 1.54) is 25.9 Å². The Hall–Kier alpha value is -2.30. The molecule has 0 spiro atoms. The van der Waals surface area contributed by atoms with Crippen LogP contribution in [0, 0.1) is 17.2 Å². The van der Waals surface area contributed by atoms with Crippen LogP contribution in [0.15, 0.2) is 0 Å². The number of rotatable bonds is 3. The number of nitrogens with one attached hydrogen (secondary N) is 1. The van der Waals surface area contributed by atoms with Crippen LogP contribution in [0.4, 0.5) is 9.59 Å². The first-order valence-electron chi connectivity index (χ1n) is 7.76. The van der Waals surface area contributed by atoms with Crippen molar-refractivity contribution in [1.82, 2.24) is 10.2 Å². The van der Waals surface area contributed by atoms with Gasteiger partial charge in [-0.3, -0.25) is 9.69 Å². The highest BCUT2D eigenvalue weighted by atomic mass is 16.6. The molecule has 1 rings (SSSR count). The van der Waals surface area contributed by atoms with Crippen LogP contribution in [0.1, 0.15) is 41.0 Å². The third-order valence-electron chi connectivity index (χ3n) is 4.06. The second kappa shape index (κ2) is 7.07. The van der Waals surface area contributed by atoms with Crippen molar-refractivity contribution in [3.05, 3.63) is 0 Å². The van der Waals surface area contributed by atoms with Crippen LogP contribution < -0.4 is 5.32 Å². The summed E-state index contributed by atoms with van der Waals surface area (Å²) in [5.74, 6) is -1.12. The summed E-state index contributed by atoms with van der Waals surface area (Å²) in [5.41, 5.74) is -2.06. The lowest BCUT2D eigenvalue weighted by atomic mass is 9.81. The fourth-order valence-corrected chi connectivity index (χ4v) is 2.83. The lowest BCUT2D eigenvalue weighted by Crippen LogP contribution is -2.59. The first-order chi connectivity index (χ1) is 11.0. The Kier molecular flexibility index (Phi) is 5.82. The van der Waals surface area contributed by atoms with Crippen molar-refractivity contribution in [2.24, 2.45) is 5.92 Å². The Morgan fingerprint density at radius 1 is 1.38 bits per heavy atom. The molecule has 0 aromatic heterocycles. The molecule has 0 aliphatic carbocycles. The minimum absolute atomic E-state index is 0.242. The fraction of sp³-hybridized carbons (Fsp3) is 0.750. The van der Waals surface area contributed by atoms with Gasteiger partial charge in [0.25, 0.3) is 0 Å². The van der Waals surface area contributed by atoms with Crippen molar-refractivity contribution in [3.8, 4) is 6.07 Å². The lowest BCUT2D eigenvalue weighted by Gasteiger charge is -2.36. The normalized spacial score (nSPS) is 24.7. The van der Waals surface area contributed by atoms with E-state index in [2.05, 4.69) is 11.4 Å². The number of hydrogen-bond acceptors (Lipinski definition) is 6. The number of methoxy groups -OCH3 is 1. The Balaban J connectivity index is 2.97. The average molecular weight is 339 g/mol. The van der Waals surface area contributed by atoms with Gasteiger partial charge in [-0.25, -0.2) is 9.59 Å². The Bertz CT molecular complexity index is 563. The van der Waals surface area contributed by atoms with Crippen LogP contribution in [0.5, 0.6) is 0 Å². The highest BCUT2D eigenvalue weighted by Crippen LogP contribution is 2.36. The van der Waals surface area contributed by atoms with Crippen molar-refractivity contribution in [1.29, 1.82) is 5.26 Å². The van der Waals surface area contributed by atoms with E-state index in [-0.39, 0.29) is 6.54 Å². The molecule has 0 radical (unpaired) electrons. The third-order valence-corrected chi connectivity index (χ3v) is 4.06. The molecule has 1 aliphatic heterocycles. The van der Waals surface area contributed by atoms with E-state index in [4.69, 9.17) is 9.47 Å². The lowest BCUT2D eigenvalue weighted by molar-refractivity contribution is -0.130. The van der Waals surface area contributed by atoms with Crippen LogP contribution in [0.3, 0.4) is 0 Å². The molecule has 3 atom stereocenters. The Morgan fingerprint density at radius 3 is 2.42 bits per heavy atom. The van der Waals surface area contributed by atoms with Gasteiger partial charge in [-0.05, 0) is 41.0 Å². The summed E-state index contributed by atoms with van der Waals surface area (Å²) in [4.78, 5) is 38.0. The van der Waals surface area contributed by atoms with Crippen LogP contribution in [0.2, 0.25) is 0 Å². The van der Waals surface area contributed by atoms with Crippen LogP contribution in [-0.2, 0) is 14.3 Å². The summed E-state index contributed by atoms with van der Waals surface area (Å²) < 4.78 is 9.84. The molecular formula is C16H25N3O5. The fourth-order valence-electron chi connectivity index (χ4n) is 2.83. The number of ketones is 1. The molecule has 1 heterocycles. The van der Waals surface area contributed by atoms with E-state index in [0.29, 0.717) is 6.42 Å². The van der Waals surface area contributed by atoms with Crippen molar-refractivity contribution >= 4 is 18.0 Å². The number of carbonyl (C=O) groups excluding carboxylic acids is 3. The molecule has 1 fully saturated rings. The summed E-state index contributed by atoms with van der Waals surface area (Å²) >= 11 is 0. The summed E-state index contributed by atoms with van der Waals surface area (Å²) in [6.45, 7) is 8.40. The maximum absolute atomic E-state index is 12.9. The zero-order valence-electron chi connectivity index (χ0n) is 15.0. The number of likely N-dealkylation sites (tertiary alicyclic amines) is 1. The van der Waals surface area contributed by atoms with Gasteiger partial charge in [-0.2, -0.15) is 5.26 Å². The van der Waals surface area contributed by atoms with Gasteiger partial charge in [0.2, 0.25) is 0 Å². The van der Waals surface area contributed by atoms with Crippen molar-refractivity contribution < 1.29 is 23.9 Å². The molecule has 0 aromatic carbocycles. The third kappa shape index (κ3) is 3.96. The molecule has 1 N–H and O–H groups in total. The molecule has 1 unspecified atom stereocenters. The van der Waals surface area contributed by atoms with E-state index in [1.54, 1.807) is 20.8 Å². The SMILES string of the molecule is COC(=O)N1CCC(C#N)[C@]1(C)C(=O)[C@H](C)NC(=O)OC(C)(C)C. The zero-order valence-corrected chi connectivity index (χ0v) is 15.0. The topological polar surface area (TPSA) is 109 Å². The van der Waals surface area contributed by atoms with Gasteiger partial charge in [0, 0.05) is 6.54 Å². The minimum atomic E-state index is -1.36. The second-order valence-corrected chi connectivity index (χ2v) is 6.97. The first-order valence-corrected chi connectivity index (χ1v) is 7.76. The van der Waals surface area contributed by atoms with Gasteiger partial charge in [0.15, 0.2) is 5.78 Å². The highest BCUT2D eigenvalue weighted by molar-refractivity contribution is 5.97. The number of alkyl carbamates (subject to hydrolysis) is 1. The van der Waals surface area contributed by atoms with Crippen LogP contribution in [0.25, 0.3) is 0 Å². The summed E-state index contributed by atoms with van der Waals surface area (Å²) in [6, 6.07) is 1.15.